The van der Waals surface area contributed by atoms with Crippen molar-refractivity contribution in [3.05, 3.63) is 0 Å². The number of carbonyl (C=O) groups excluding carboxylic acids is 2. The first-order valence-electron chi connectivity index (χ1n) is 6.86. The van der Waals surface area contributed by atoms with Crippen LogP contribution in [0.3, 0.4) is 0 Å². The van der Waals surface area contributed by atoms with E-state index in [9.17, 15) is 9.59 Å². The second-order valence-electron chi connectivity index (χ2n) is 6.03. The van der Waals surface area contributed by atoms with Gasteiger partial charge in [-0.2, -0.15) is 0 Å². The third kappa shape index (κ3) is 2.68. The largest absolute Gasteiger partial charge is 0.340 e. The van der Waals surface area contributed by atoms with E-state index in [4.69, 9.17) is 0 Å². The molecule has 0 spiro atoms. The van der Waals surface area contributed by atoms with Crippen LogP contribution in [0.4, 0.5) is 0 Å². The lowest BCUT2D eigenvalue weighted by molar-refractivity contribution is -0.154. The van der Waals surface area contributed by atoms with Gasteiger partial charge in [-0.05, 0) is 32.1 Å². The normalized spacial score (nSPS) is 30.6. The number of hydrogen-bond donors (Lipinski definition) is 1. The molecule has 18 heavy (non-hydrogen) atoms. The van der Waals surface area contributed by atoms with Crippen LogP contribution in [-0.4, -0.2) is 34.8 Å². The van der Waals surface area contributed by atoms with Crippen LogP contribution < -0.4 is 5.32 Å². The van der Waals surface area contributed by atoms with Gasteiger partial charge in [0.2, 0.25) is 11.8 Å². The molecule has 4 nitrogen and oxygen atoms in total. The Morgan fingerprint density at radius 2 is 1.89 bits per heavy atom. The second kappa shape index (κ2) is 5.29. The Kier molecular flexibility index (Phi) is 4.41. The topological polar surface area (TPSA) is 49.4 Å². The zero-order valence-electron chi connectivity index (χ0n) is 12.4. The maximum Gasteiger partial charge on any atom is 0.248 e. The van der Waals surface area contributed by atoms with Gasteiger partial charge < -0.3 is 10.2 Å². The molecule has 0 aromatic heterocycles. The molecule has 1 saturated heterocycles. The van der Waals surface area contributed by atoms with Crippen LogP contribution in [-0.2, 0) is 9.59 Å². The summed E-state index contributed by atoms with van der Waals surface area (Å²) in [5.74, 6) is 0.894. The summed E-state index contributed by atoms with van der Waals surface area (Å²) in [6, 6.07) is -0.363. The van der Waals surface area contributed by atoms with Gasteiger partial charge in [-0.25, -0.2) is 0 Å². The van der Waals surface area contributed by atoms with Crippen LogP contribution in [0.5, 0.6) is 0 Å². The highest BCUT2D eigenvalue weighted by Crippen LogP contribution is 2.23. The SMILES string of the molecule is CCC1(C)NC(=O)C(C)N(CC(C)C(C)C)C1=O. The Bertz CT molecular complexity index is 341. The second-order valence-corrected chi connectivity index (χ2v) is 6.03. The van der Waals surface area contributed by atoms with Crippen molar-refractivity contribution in [2.45, 2.75) is 59.5 Å². The Balaban J connectivity index is 2.92. The van der Waals surface area contributed by atoms with Gasteiger partial charge in [0.15, 0.2) is 0 Å². The highest BCUT2D eigenvalue weighted by atomic mass is 16.2. The Morgan fingerprint density at radius 1 is 1.33 bits per heavy atom. The maximum atomic E-state index is 12.5. The van der Waals surface area contributed by atoms with E-state index in [1.54, 1.807) is 11.8 Å². The molecule has 4 heteroatoms. The Hall–Kier alpha value is -1.06. The number of nitrogens with zero attached hydrogens (tertiary/aromatic N) is 1. The van der Waals surface area contributed by atoms with Gasteiger partial charge in [0.25, 0.3) is 0 Å². The third-order valence-electron chi connectivity index (χ3n) is 4.31. The van der Waals surface area contributed by atoms with Crippen molar-refractivity contribution >= 4 is 11.8 Å². The summed E-state index contributed by atoms with van der Waals surface area (Å²) in [7, 11) is 0. The number of carbonyl (C=O) groups is 2. The van der Waals surface area contributed by atoms with Crippen molar-refractivity contribution in [1.29, 1.82) is 0 Å². The van der Waals surface area contributed by atoms with Gasteiger partial charge in [0.05, 0.1) is 0 Å². The fourth-order valence-electron chi connectivity index (χ4n) is 2.07. The molecule has 0 aromatic rings. The van der Waals surface area contributed by atoms with E-state index in [0.717, 1.165) is 0 Å². The quantitative estimate of drug-likeness (QED) is 0.831. The molecule has 3 unspecified atom stereocenters. The summed E-state index contributed by atoms with van der Waals surface area (Å²) in [4.78, 5) is 26.2. The average Bonchev–Trinajstić information content (AvgIpc) is 2.31. The molecule has 0 aliphatic carbocycles. The average molecular weight is 254 g/mol. The minimum Gasteiger partial charge on any atom is -0.340 e. The smallest absolute Gasteiger partial charge is 0.248 e. The van der Waals surface area contributed by atoms with E-state index in [-0.39, 0.29) is 17.9 Å². The van der Waals surface area contributed by atoms with E-state index in [2.05, 4.69) is 26.1 Å². The zero-order chi connectivity index (χ0) is 14.1. The lowest BCUT2D eigenvalue weighted by Crippen LogP contribution is -2.68. The predicted octanol–water partition coefficient (Wildman–Crippen LogP) is 1.79. The molecule has 1 aliphatic heterocycles. The highest BCUT2D eigenvalue weighted by Gasteiger charge is 2.45. The van der Waals surface area contributed by atoms with Gasteiger partial charge >= 0.3 is 0 Å². The zero-order valence-corrected chi connectivity index (χ0v) is 12.4. The van der Waals surface area contributed by atoms with E-state index in [1.807, 2.05) is 13.8 Å². The molecule has 1 rings (SSSR count). The fraction of sp³-hybridized carbons (Fsp3) is 0.857. The van der Waals surface area contributed by atoms with E-state index < -0.39 is 5.54 Å². The number of nitrogens with one attached hydrogen (secondary N) is 1. The molecule has 1 heterocycles. The summed E-state index contributed by atoms with van der Waals surface area (Å²) in [5, 5.41) is 2.84. The van der Waals surface area contributed by atoms with Crippen molar-refractivity contribution in [1.82, 2.24) is 10.2 Å². The first kappa shape index (κ1) is 15.0. The van der Waals surface area contributed by atoms with Gasteiger partial charge in [-0.3, -0.25) is 9.59 Å². The summed E-state index contributed by atoms with van der Waals surface area (Å²) in [6.07, 6.45) is 0.622. The molecule has 0 saturated carbocycles. The molecule has 0 radical (unpaired) electrons. The monoisotopic (exact) mass is 254 g/mol. The number of piperazine rings is 1. The van der Waals surface area contributed by atoms with Crippen molar-refractivity contribution in [2.75, 3.05) is 6.54 Å². The standard InChI is InChI=1S/C14H26N2O2/c1-7-14(6)13(18)16(8-10(4)9(2)3)11(5)12(17)15-14/h9-11H,7-8H2,1-6H3,(H,15,17). The minimum absolute atomic E-state index is 0.0459. The molecule has 1 N–H and O–H groups in total. The molecule has 0 bridgehead atoms. The lowest BCUT2D eigenvalue weighted by atomic mass is 9.90. The molecule has 1 fully saturated rings. The van der Waals surface area contributed by atoms with Gasteiger partial charge in [-0.1, -0.05) is 27.7 Å². The summed E-state index contributed by atoms with van der Waals surface area (Å²) in [5.41, 5.74) is -0.736. The molecule has 0 aromatic carbocycles. The van der Waals surface area contributed by atoms with Crippen LogP contribution >= 0.6 is 0 Å². The minimum atomic E-state index is -0.736. The van der Waals surface area contributed by atoms with E-state index in [0.29, 0.717) is 24.8 Å². The van der Waals surface area contributed by atoms with Crippen molar-refractivity contribution in [2.24, 2.45) is 11.8 Å². The summed E-state index contributed by atoms with van der Waals surface area (Å²) in [6.45, 7) is 12.6. The third-order valence-corrected chi connectivity index (χ3v) is 4.31. The molecular formula is C14H26N2O2. The first-order chi connectivity index (χ1) is 8.23. The van der Waals surface area contributed by atoms with Crippen LogP contribution in [0.2, 0.25) is 0 Å². The number of hydrogen-bond acceptors (Lipinski definition) is 2. The van der Waals surface area contributed by atoms with Crippen molar-refractivity contribution in [3.8, 4) is 0 Å². The van der Waals surface area contributed by atoms with E-state index >= 15 is 0 Å². The van der Waals surface area contributed by atoms with Crippen LogP contribution in [0.15, 0.2) is 0 Å². The van der Waals surface area contributed by atoms with E-state index in [1.165, 1.54) is 0 Å². The van der Waals surface area contributed by atoms with Crippen molar-refractivity contribution in [3.63, 3.8) is 0 Å². The molecule has 1 aliphatic rings. The summed E-state index contributed by atoms with van der Waals surface area (Å²) >= 11 is 0. The Morgan fingerprint density at radius 3 is 2.33 bits per heavy atom. The lowest BCUT2D eigenvalue weighted by Gasteiger charge is -2.44. The van der Waals surface area contributed by atoms with Crippen LogP contribution in [0.25, 0.3) is 0 Å². The van der Waals surface area contributed by atoms with Gasteiger partial charge in [0, 0.05) is 6.54 Å². The highest BCUT2D eigenvalue weighted by molar-refractivity contribution is 5.99. The molecular weight excluding hydrogens is 228 g/mol. The first-order valence-corrected chi connectivity index (χ1v) is 6.86. The number of amides is 2. The summed E-state index contributed by atoms with van der Waals surface area (Å²) < 4.78 is 0. The van der Waals surface area contributed by atoms with Crippen LogP contribution in [0, 0.1) is 11.8 Å². The molecule has 104 valence electrons. The molecule has 3 atom stereocenters. The van der Waals surface area contributed by atoms with Crippen molar-refractivity contribution < 1.29 is 9.59 Å². The maximum absolute atomic E-state index is 12.5. The fourth-order valence-corrected chi connectivity index (χ4v) is 2.07. The van der Waals surface area contributed by atoms with Gasteiger partial charge in [0.1, 0.15) is 11.6 Å². The van der Waals surface area contributed by atoms with Crippen LogP contribution in [0.1, 0.15) is 48.0 Å². The van der Waals surface area contributed by atoms with Gasteiger partial charge in [-0.15, -0.1) is 0 Å². The Labute approximate surface area is 110 Å². The molecule has 2 amide bonds. The predicted molar refractivity (Wildman–Crippen MR) is 72.0 cm³/mol. The number of rotatable bonds is 4.